The van der Waals surface area contributed by atoms with E-state index in [0.29, 0.717) is 5.82 Å². The van der Waals surface area contributed by atoms with Crippen molar-refractivity contribution in [3.8, 4) is 78.4 Å². The van der Waals surface area contributed by atoms with Gasteiger partial charge in [0.15, 0.2) is 5.82 Å². The summed E-state index contributed by atoms with van der Waals surface area (Å²) in [6.45, 7) is 0. The van der Waals surface area contributed by atoms with Gasteiger partial charge in [-0.3, -0.25) is 0 Å². The zero-order chi connectivity index (χ0) is 36.3. The number of aromatic nitrogens is 2. The molecule has 0 N–H and O–H groups in total. The second-order valence-electron chi connectivity index (χ2n) is 14.5. The SMILES string of the molecule is c1ccc(-c2cc(-c3cccc(-c4cccc(-c5ccc6c(c5)-c5ccccc5C65c6ccccc6-c6ccccc65)c4)c3)nc(-c3ccccc3)n2)cc1. The summed E-state index contributed by atoms with van der Waals surface area (Å²) in [5.41, 5.74) is 20.0. The average Bonchev–Trinajstić information content (AvgIpc) is 3.74. The van der Waals surface area contributed by atoms with Crippen molar-refractivity contribution >= 4 is 0 Å². The van der Waals surface area contributed by atoms with Crippen molar-refractivity contribution in [3.05, 3.63) is 229 Å². The van der Waals surface area contributed by atoms with Gasteiger partial charge in [0, 0.05) is 16.7 Å². The third-order valence-electron chi connectivity index (χ3n) is 11.5. The van der Waals surface area contributed by atoms with Crippen molar-refractivity contribution in [2.24, 2.45) is 0 Å². The number of rotatable bonds is 5. The zero-order valence-electron chi connectivity index (χ0n) is 30.0. The molecule has 0 bridgehead atoms. The predicted molar refractivity (Wildman–Crippen MR) is 226 cm³/mol. The van der Waals surface area contributed by atoms with E-state index in [-0.39, 0.29) is 5.41 Å². The second-order valence-corrected chi connectivity index (χ2v) is 14.5. The topological polar surface area (TPSA) is 25.8 Å². The van der Waals surface area contributed by atoms with Gasteiger partial charge in [0.1, 0.15) is 0 Å². The van der Waals surface area contributed by atoms with Crippen LogP contribution in [-0.4, -0.2) is 9.97 Å². The maximum atomic E-state index is 5.10. The lowest BCUT2D eigenvalue weighted by Gasteiger charge is -2.30. The lowest BCUT2D eigenvalue weighted by Crippen LogP contribution is -2.25. The number of benzene rings is 8. The van der Waals surface area contributed by atoms with Crippen molar-refractivity contribution in [1.82, 2.24) is 9.97 Å². The van der Waals surface area contributed by atoms with E-state index in [1.807, 2.05) is 24.3 Å². The monoisotopic (exact) mass is 698 g/mol. The molecule has 0 amide bonds. The van der Waals surface area contributed by atoms with Gasteiger partial charge in [-0.25, -0.2) is 9.97 Å². The van der Waals surface area contributed by atoms with Gasteiger partial charge in [0.2, 0.25) is 0 Å². The van der Waals surface area contributed by atoms with Crippen molar-refractivity contribution in [3.63, 3.8) is 0 Å². The van der Waals surface area contributed by atoms with E-state index in [9.17, 15) is 0 Å². The molecule has 0 saturated carbocycles. The second kappa shape index (κ2) is 12.5. The van der Waals surface area contributed by atoms with Crippen molar-refractivity contribution in [1.29, 1.82) is 0 Å². The molecule has 8 aromatic carbocycles. The fraction of sp³-hybridized carbons (Fsp3) is 0.0189. The minimum Gasteiger partial charge on any atom is -0.228 e. The molecule has 9 aromatic rings. The lowest BCUT2D eigenvalue weighted by atomic mass is 9.70. The van der Waals surface area contributed by atoms with Gasteiger partial charge in [0.05, 0.1) is 16.8 Å². The first-order chi connectivity index (χ1) is 27.3. The first kappa shape index (κ1) is 31.4. The van der Waals surface area contributed by atoms with E-state index in [1.54, 1.807) is 0 Å². The third kappa shape index (κ3) is 4.89. The molecule has 55 heavy (non-hydrogen) atoms. The highest BCUT2D eigenvalue weighted by Gasteiger charge is 2.51. The molecular weight excluding hydrogens is 665 g/mol. The molecule has 256 valence electrons. The van der Waals surface area contributed by atoms with Gasteiger partial charge < -0.3 is 0 Å². The normalized spacial score (nSPS) is 12.9. The molecule has 1 aromatic heterocycles. The summed E-state index contributed by atoms with van der Waals surface area (Å²) >= 11 is 0. The number of nitrogens with zero attached hydrogens (tertiary/aromatic N) is 2. The van der Waals surface area contributed by atoms with Gasteiger partial charge in [-0.2, -0.15) is 0 Å². The van der Waals surface area contributed by atoms with Gasteiger partial charge in [0.25, 0.3) is 0 Å². The Kier molecular flexibility index (Phi) is 7.11. The molecule has 1 spiro atoms. The Hall–Kier alpha value is -7.16. The van der Waals surface area contributed by atoms with Crippen LogP contribution < -0.4 is 0 Å². The van der Waals surface area contributed by atoms with Crippen LogP contribution >= 0.6 is 0 Å². The molecule has 0 atom stereocenters. The summed E-state index contributed by atoms with van der Waals surface area (Å²) in [7, 11) is 0. The van der Waals surface area contributed by atoms with Crippen LogP contribution in [0, 0.1) is 0 Å². The summed E-state index contributed by atoms with van der Waals surface area (Å²) in [6, 6.07) is 74.4. The van der Waals surface area contributed by atoms with Crippen LogP contribution in [0.2, 0.25) is 0 Å². The molecule has 11 rings (SSSR count). The maximum absolute atomic E-state index is 5.10. The highest BCUT2D eigenvalue weighted by molar-refractivity contribution is 5.96. The molecule has 1 heterocycles. The minimum absolute atomic E-state index is 0.332. The average molecular weight is 699 g/mol. The Balaban J connectivity index is 1.01. The molecule has 0 fully saturated rings. The number of fused-ring (bicyclic) bond motifs is 10. The Morgan fingerprint density at radius 2 is 0.655 bits per heavy atom. The predicted octanol–water partition coefficient (Wildman–Crippen LogP) is 13.2. The standard InChI is InChI=1S/C53H34N2/c1-3-15-35(16-4-1)50-34-51(55-52(54-50)36-17-5-2-6-18-36)41-22-14-21-39(32-41)37-19-13-20-38(31-37)40-29-30-49-45(33-40)44-25-9-12-28-48(44)53(49)46-26-10-7-23-42(46)43-24-8-11-27-47(43)53/h1-34H. The van der Waals surface area contributed by atoms with E-state index in [2.05, 4.69) is 182 Å². The van der Waals surface area contributed by atoms with Crippen LogP contribution in [0.15, 0.2) is 206 Å². The third-order valence-corrected chi connectivity index (χ3v) is 11.5. The van der Waals surface area contributed by atoms with E-state index < -0.39 is 0 Å². The van der Waals surface area contributed by atoms with Gasteiger partial charge >= 0.3 is 0 Å². The fourth-order valence-corrected chi connectivity index (χ4v) is 9.08. The van der Waals surface area contributed by atoms with Gasteiger partial charge in [-0.05, 0) is 91.0 Å². The highest BCUT2D eigenvalue weighted by atomic mass is 14.9. The summed E-state index contributed by atoms with van der Waals surface area (Å²) < 4.78 is 0. The zero-order valence-corrected chi connectivity index (χ0v) is 30.0. The largest absolute Gasteiger partial charge is 0.228 e. The van der Waals surface area contributed by atoms with Crippen molar-refractivity contribution < 1.29 is 0 Å². The first-order valence-corrected chi connectivity index (χ1v) is 18.9. The summed E-state index contributed by atoms with van der Waals surface area (Å²) in [6.07, 6.45) is 0. The van der Waals surface area contributed by atoms with Crippen LogP contribution in [0.1, 0.15) is 22.3 Å². The highest BCUT2D eigenvalue weighted by Crippen LogP contribution is 2.62. The molecule has 0 radical (unpaired) electrons. The summed E-state index contributed by atoms with van der Waals surface area (Å²) in [5, 5.41) is 0. The molecular formula is C53H34N2. The van der Waals surface area contributed by atoms with Crippen molar-refractivity contribution in [2.45, 2.75) is 5.41 Å². The molecule has 0 unspecified atom stereocenters. The smallest absolute Gasteiger partial charge is 0.160 e. The van der Waals surface area contributed by atoms with Crippen LogP contribution in [0.5, 0.6) is 0 Å². The van der Waals surface area contributed by atoms with Crippen molar-refractivity contribution in [2.75, 3.05) is 0 Å². The first-order valence-electron chi connectivity index (χ1n) is 18.9. The summed E-state index contributed by atoms with van der Waals surface area (Å²) in [4.78, 5) is 10.1. The van der Waals surface area contributed by atoms with Crippen LogP contribution in [0.3, 0.4) is 0 Å². The molecule has 2 aliphatic rings. The van der Waals surface area contributed by atoms with Crippen LogP contribution in [-0.2, 0) is 5.41 Å². The van der Waals surface area contributed by atoms with Gasteiger partial charge in [-0.15, -0.1) is 0 Å². The van der Waals surface area contributed by atoms with E-state index in [1.165, 1.54) is 55.6 Å². The van der Waals surface area contributed by atoms with E-state index >= 15 is 0 Å². The maximum Gasteiger partial charge on any atom is 0.160 e. The number of hydrogen-bond donors (Lipinski definition) is 0. The number of hydrogen-bond acceptors (Lipinski definition) is 2. The Morgan fingerprint density at radius 1 is 0.255 bits per heavy atom. The lowest BCUT2D eigenvalue weighted by molar-refractivity contribution is 0.794. The molecule has 0 aliphatic heterocycles. The van der Waals surface area contributed by atoms with Gasteiger partial charge in [-0.1, -0.05) is 182 Å². The molecule has 2 aliphatic carbocycles. The molecule has 0 saturated heterocycles. The summed E-state index contributed by atoms with van der Waals surface area (Å²) in [5.74, 6) is 0.717. The minimum atomic E-state index is -0.332. The van der Waals surface area contributed by atoms with E-state index in [0.717, 1.165) is 39.2 Å². The fourth-order valence-electron chi connectivity index (χ4n) is 9.08. The Morgan fingerprint density at radius 3 is 1.24 bits per heavy atom. The Bertz CT molecular complexity index is 2820. The van der Waals surface area contributed by atoms with Crippen LogP contribution in [0.4, 0.5) is 0 Å². The van der Waals surface area contributed by atoms with Crippen LogP contribution in [0.25, 0.3) is 78.4 Å². The van der Waals surface area contributed by atoms with E-state index in [4.69, 9.17) is 9.97 Å². The molecule has 2 heteroatoms. The Labute approximate surface area is 321 Å². The molecule has 2 nitrogen and oxygen atoms in total. The quantitative estimate of drug-likeness (QED) is 0.179.